The van der Waals surface area contributed by atoms with Crippen LogP contribution in [-0.4, -0.2) is 42.0 Å². The van der Waals surface area contributed by atoms with Gasteiger partial charge in [-0.3, -0.25) is 4.90 Å². The second-order valence-electron chi connectivity index (χ2n) is 3.97. The Morgan fingerprint density at radius 2 is 2.40 bits per heavy atom. The maximum Gasteiger partial charge on any atom is 0.0984 e. The Kier molecular flexibility index (Phi) is 3.67. The third kappa shape index (κ3) is 2.53. The molecule has 1 aromatic rings. The van der Waals surface area contributed by atoms with E-state index >= 15 is 0 Å². The molecule has 15 heavy (non-hydrogen) atoms. The van der Waals surface area contributed by atoms with Crippen LogP contribution in [0.2, 0.25) is 0 Å². The lowest BCUT2D eigenvalue weighted by molar-refractivity contribution is 0.109. The van der Waals surface area contributed by atoms with Crippen LogP contribution >= 0.6 is 22.9 Å². The number of alkyl halides is 1. The van der Waals surface area contributed by atoms with Gasteiger partial charge in [0.15, 0.2) is 0 Å². The highest BCUT2D eigenvalue weighted by atomic mass is 35.5. The average molecular weight is 244 g/mol. The second kappa shape index (κ2) is 4.83. The molecule has 1 fully saturated rings. The molecule has 2 unspecified atom stereocenters. The van der Waals surface area contributed by atoms with Gasteiger partial charge in [0.2, 0.25) is 0 Å². The van der Waals surface area contributed by atoms with Crippen molar-refractivity contribution in [3.8, 4) is 0 Å². The van der Waals surface area contributed by atoms with Crippen molar-refractivity contribution in [2.75, 3.05) is 26.7 Å². The molecule has 0 amide bonds. The molecule has 83 valence electrons. The summed E-state index contributed by atoms with van der Waals surface area (Å²) in [7, 11) is 2.11. The third-order valence-corrected chi connectivity index (χ3v) is 4.20. The van der Waals surface area contributed by atoms with Crippen LogP contribution in [0.3, 0.4) is 0 Å². The van der Waals surface area contributed by atoms with E-state index < -0.39 is 0 Å². The minimum absolute atomic E-state index is 0.0772. The summed E-state index contributed by atoms with van der Waals surface area (Å²) in [5.74, 6) is 0. The fourth-order valence-corrected chi connectivity index (χ4v) is 3.11. The molecule has 1 aliphatic heterocycles. The summed E-state index contributed by atoms with van der Waals surface area (Å²) in [5, 5.41) is 2.09. The molecule has 1 aromatic heterocycles. The van der Waals surface area contributed by atoms with Gasteiger partial charge >= 0.3 is 0 Å². The van der Waals surface area contributed by atoms with Crippen molar-refractivity contribution in [1.29, 1.82) is 0 Å². The molecule has 0 aromatic carbocycles. The molecule has 4 heteroatoms. The van der Waals surface area contributed by atoms with E-state index in [1.807, 2.05) is 0 Å². The highest BCUT2D eigenvalue weighted by Gasteiger charge is 2.28. The highest BCUT2D eigenvalue weighted by molar-refractivity contribution is 7.10. The molecular weight excluding hydrogens is 228 g/mol. The lowest BCUT2D eigenvalue weighted by Crippen LogP contribution is -2.49. The number of piperazine rings is 1. The van der Waals surface area contributed by atoms with Crippen LogP contribution < -0.4 is 0 Å². The predicted molar refractivity (Wildman–Crippen MR) is 66.3 cm³/mol. The van der Waals surface area contributed by atoms with Crippen molar-refractivity contribution in [3.05, 3.63) is 29.3 Å². The predicted octanol–water partition coefficient (Wildman–Crippen LogP) is 2.44. The SMILES string of the molecule is [CH2]C(c1cccs1)N1CCN(C)CC1Cl. The van der Waals surface area contributed by atoms with Gasteiger partial charge in [0, 0.05) is 30.6 Å². The first-order valence-electron chi connectivity index (χ1n) is 5.13. The van der Waals surface area contributed by atoms with E-state index in [-0.39, 0.29) is 11.5 Å². The fourth-order valence-electron chi connectivity index (χ4n) is 1.88. The quantitative estimate of drug-likeness (QED) is 0.582. The highest BCUT2D eigenvalue weighted by Crippen LogP contribution is 2.28. The lowest BCUT2D eigenvalue weighted by atomic mass is 10.2. The number of hydrogen-bond donors (Lipinski definition) is 0. The van der Waals surface area contributed by atoms with Gasteiger partial charge in [0.25, 0.3) is 0 Å². The summed E-state index contributed by atoms with van der Waals surface area (Å²) in [5.41, 5.74) is 0.0772. The molecule has 2 atom stereocenters. The molecule has 2 heterocycles. The molecule has 2 nitrogen and oxygen atoms in total. The first-order chi connectivity index (χ1) is 7.18. The summed E-state index contributed by atoms with van der Waals surface area (Å²) in [6.45, 7) is 7.20. The Labute approximate surface area is 100 Å². The van der Waals surface area contributed by atoms with Crippen molar-refractivity contribution in [1.82, 2.24) is 9.80 Å². The third-order valence-electron chi connectivity index (χ3n) is 2.83. The summed E-state index contributed by atoms with van der Waals surface area (Å²) in [6.07, 6.45) is 0. The van der Waals surface area contributed by atoms with E-state index in [0.29, 0.717) is 0 Å². The zero-order valence-corrected chi connectivity index (χ0v) is 10.5. The molecule has 0 aliphatic carbocycles. The van der Waals surface area contributed by atoms with E-state index in [9.17, 15) is 0 Å². The number of nitrogens with zero attached hydrogens (tertiary/aromatic N) is 2. The number of halogens is 1. The number of rotatable bonds is 2. The van der Waals surface area contributed by atoms with E-state index in [0.717, 1.165) is 19.6 Å². The first kappa shape index (κ1) is 11.4. The maximum absolute atomic E-state index is 6.34. The zero-order chi connectivity index (χ0) is 10.8. The van der Waals surface area contributed by atoms with Gasteiger partial charge in [0.05, 0.1) is 5.50 Å². The second-order valence-corrected chi connectivity index (χ2v) is 5.45. The largest absolute Gasteiger partial charge is 0.302 e. The Morgan fingerprint density at radius 3 is 3.00 bits per heavy atom. The molecular formula is C11H16ClN2S. The van der Waals surface area contributed by atoms with Gasteiger partial charge < -0.3 is 4.90 Å². The molecule has 0 bridgehead atoms. The van der Waals surface area contributed by atoms with E-state index in [1.165, 1.54) is 4.88 Å². The minimum Gasteiger partial charge on any atom is -0.302 e. The van der Waals surface area contributed by atoms with Crippen LogP contribution in [0.4, 0.5) is 0 Å². The van der Waals surface area contributed by atoms with Gasteiger partial charge in [-0.25, -0.2) is 0 Å². The van der Waals surface area contributed by atoms with Gasteiger partial charge in [-0.1, -0.05) is 6.07 Å². The molecule has 1 saturated heterocycles. The van der Waals surface area contributed by atoms with Gasteiger partial charge in [-0.05, 0) is 25.4 Å². The first-order valence-corrected chi connectivity index (χ1v) is 6.45. The monoisotopic (exact) mass is 243 g/mol. The van der Waals surface area contributed by atoms with Crippen LogP contribution in [-0.2, 0) is 0 Å². The van der Waals surface area contributed by atoms with Crippen molar-refractivity contribution in [3.63, 3.8) is 0 Å². The lowest BCUT2D eigenvalue weighted by Gasteiger charge is -2.39. The summed E-state index contributed by atoms with van der Waals surface area (Å²) in [4.78, 5) is 5.83. The van der Waals surface area contributed by atoms with Crippen LogP contribution in [0.15, 0.2) is 17.5 Å². The van der Waals surface area contributed by atoms with Crippen LogP contribution in [0, 0.1) is 6.92 Å². The van der Waals surface area contributed by atoms with Crippen LogP contribution in [0.25, 0.3) is 0 Å². The number of likely N-dealkylation sites (N-methyl/N-ethyl adjacent to an activating group) is 1. The standard InChI is InChI=1S/C11H16ClN2S/c1-9(10-4-3-7-15-10)14-6-5-13(2)8-11(14)12/h3-4,7,9,11H,1,5-6,8H2,2H3. The Morgan fingerprint density at radius 1 is 1.60 bits per heavy atom. The van der Waals surface area contributed by atoms with E-state index in [1.54, 1.807) is 11.3 Å². The van der Waals surface area contributed by atoms with Gasteiger partial charge in [-0.2, -0.15) is 0 Å². The Balaban J connectivity index is 2.04. The van der Waals surface area contributed by atoms with Gasteiger partial charge in [0.1, 0.15) is 0 Å². The maximum atomic E-state index is 6.34. The molecule has 1 aliphatic rings. The molecule has 2 rings (SSSR count). The average Bonchev–Trinajstić information content (AvgIpc) is 2.69. The van der Waals surface area contributed by atoms with Crippen LogP contribution in [0.1, 0.15) is 10.9 Å². The summed E-state index contributed by atoms with van der Waals surface area (Å²) < 4.78 is 0. The molecule has 0 spiro atoms. The summed E-state index contributed by atoms with van der Waals surface area (Å²) >= 11 is 8.09. The minimum atomic E-state index is 0.0772. The number of thiophene rings is 1. The molecule has 0 saturated carbocycles. The zero-order valence-electron chi connectivity index (χ0n) is 8.90. The molecule has 0 N–H and O–H groups in total. The van der Waals surface area contributed by atoms with Crippen LogP contribution in [0.5, 0.6) is 0 Å². The normalized spacial score (nSPS) is 26.7. The van der Waals surface area contributed by atoms with E-state index in [2.05, 4.69) is 41.3 Å². The Bertz CT molecular complexity index is 302. The van der Waals surface area contributed by atoms with E-state index in [4.69, 9.17) is 11.6 Å². The van der Waals surface area contributed by atoms with Crippen molar-refractivity contribution in [2.24, 2.45) is 0 Å². The van der Waals surface area contributed by atoms with Gasteiger partial charge in [-0.15, -0.1) is 22.9 Å². The topological polar surface area (TPSA) is 6.48 Å². The fraction of sp³-hybridized carbons (Fsp3) is 0.545. The Hall–Kier alpha value is -0.0900. The van der Waals surface area contributed by atoms with Crippen molar-refractivity contribution >= 4 is 22.9 Å². The molecule has 1 radical (unpaired) electrons. The smallest absolute Gasteiger partial charge is 0.0984 e. The van der Waals surface area contributed by atoms with Crippen molar-refractivity contribution < 1.29 is 0 Å². The van der Waals surface area contributed by atoms with Crippen molar-refractivity contribution in [2.45, 2.75) is 11.5 Å². The summed E-state index contributed by atoms with van der Waals surface area (Å²) in [6, 6.07) is 4.39. The number of hydrogen-bond acceptors (Lipinski definition) is 3.